The molecule has 2 aromatic heterocycles. The Balaban J connectivity index is 2.05. The summed E-state index contributed by atoms with van der Waals surface area (Å²) >= 11 is 0. The van der Waals surface area contributed by atoms with Gasteiger partial charge < -0.3 is 15.2 Å². The van der Waals surface area contributed by atoms with Crippen molar-refractivity contribution in [2.24, 2.45) is 0 Å². The van der Waals surface area contributed by atoms with E-state index in [1.807, 2.05) is 13.8 Å². The molecule has 25 heavy (non-hydrogen) atoms. The number of aromatic amines is 1. The Morgan fingerprint density at radius 1 is 1.40 bits per heavy atom. The van der Waals surface area contributed by atoms with Crippen molar-refractivity contribution in [3.63, 3.8) is 0 Å². The van der Waals surface area contributed by atoms with Crippen LogP contribution in [0.5, 0.6) is 0 Å². The van der Waals surface area contributed by atoms with Gasteiger partial charge in [0.2, 0.25) is 11.8 Å². The summed E-state index contributed by atoms with van der Waals surface area (Å²) in [6.07, 6.45) is 4.64. The second-order valence-electron chi connectivity index (χ2n) is 6.20. The molecule has 0 saturated carbocycles. The van der Waals surface area contributed by atoms with Crippen LogP contribution in [-0.2, 0) is 9.59 Å². The van der Waals surface area contributed by atoms with E-state index in [4.69, 9.17) is 0 Å². The second kappa shape index (κ2) is 7.78. The first-order valence-electron chi connectivity index (χ1n) is 8.06. The number of nitrogens with one attached hydrogen (secondary N) is 2. The summed E-state index contributed by atoms with van der Waals surface area (Å²) in [7, 11) is 3.32. The van der Waals surface area contributed by atoms with E-state index in [0.717, 1.165) is 5.39 Å². The quantitative estimate of drug-likeness (QED) is 0.760. The standard InChI is InChI=1S/C17H23N5O3/c1-11(2)22-16-13(10-19-22)9-12(17(25)20-16)5-6-14(23)18-8-7-15(24)21(3)4/h5-6,9-11H,7-8H2,1-4H3,(H,18,23)(H,20,25). The number of rotatable bonds is 6. The first-order valence-corrected chi connectivity index (χ1v) is 8.06. The first-order chi connectivity index (χ1) is 11.8. The molecule has 0 aliphatic rings. The van der Waals surface area contributed by atoms with Crippen molar-refractivity contribution in [1.82, 2.24) is 25.0 Å². The molecule has 8 nitrogen and oxygen atoms in total. The molecular formula is C17H23N5O3. The molecule has 0 atom stereocenters. The lowest BCUT2D eigenvalue weighted by Gasteiger charge is -2.09. The molecule has 2 aromatic rings. The molecule has 0 unspecified atom stereocenters. The number of amides is 2. The number of hydrogen-bond acceptors (Lipinski definition) is 4. The summed E-state index contributed by atoms with van der Waals surface area (Å²) in [5.74, 6) is -0.419. The van der Waals surface area contributed by atoms with E-state index in [9.17, 15) is 14.4 Å². The number of H-pyrrole nitrogens is 1. The maximum absolute atomic E-state index is 12.2. The largest absolute Gasteiger partial charge is 0.352 e. The van der Waals surface area contributed by atoms with Crippen LogP contribution in [0.1, 0.15) is 31.9 Å². The highest BCUT2D eigenvalue weighted by atomic mass is 16.2. The molecule has 0 bridgehead atoms. The highest BCUT2D eigenvalue weighted by Crippen LogP contribution is 2.15. The van der Waals surface area contributed by atoms with Gasteiger partial charge in [0, 0.05) is 50.1 Å². The molecule has 0 aromatic carbocycles. The molecule has 0 fully saturated rings. The number of nitrogens with zero attached hydrogens (tertiary/aromatic N) is 3. The molecule has 2 amide bonds. The summed E-state index contributed by atoms with van der Waals surface area (Å²) in [5.41, 5.74) is 0.737. The SMILES string of the molecule is CC(C)n1ncc2cc(C=CC(=O)NCCC(=O)N(C)C)c(=O)[nH]c21. The zero-order valence-electron chi connectivity index (χ0n) is 14.9. The third-order valence-corrected chi connectivity index (χ3v) is 3.67. The Hall–Kier alpha value is -2.90. The average molecular weight is 345 g/mol. The highest BCUT2D eigenvalue weighted by Gasteiger charge is 2.09. The normalized spacial score (nSPS) is 11.4. The predicted molar refractivity (Wildman–Crippen MR) is 96.1 cm³/mol. The van der Waals surface area contributed by atoms with Crippen LogP contribution in [0, 0.1) is 0 Å². The maximum Gasteiger partial charge on any atom is 0.256 e. The monoisotopic (exact) mass is 345 g/mol. The minimum absolute atomic E-state index is 0.0617. The van der Waals surface area contributed by atoms with Gasteiger partial charge in [-0.15, -0.1) is 0 Å². The fourth-order valence-electron chi connectivity index (χ4n) is 2.28. The Morgan fingerprint density at radius 3 is 2.76 bits per heavy atom. The van der Waals surface area contributed by atoms with Gasteiger partial charge in [-0.3, -0.25) is 14.4 Å². The average Bonchev–Trinajstić information content (AvgIpc) is 2.95. The topological polar surface area (TPSA) is 100 Å². The lowest BCUT2D eigenvalue weighted by Crippen LogP contribution is -2.29. The minimum Gasteiger partial charge on any atom is -0.352 e. The van der Waals surface area contributed by atoms with Gasteiger partial charge >= 0.3 is 0 Å². The van der Waals surface area contributed by atoms with Crippen LogP contribution in [0.4, 0.5) is 0 Å². The smallest absolute Gasteiger partial charge is 0.256 e. The lowest BCUT2D eigenvalue weighted by molar-refractivity contribution is -0.128. The van der Waals surface area contributed by atoms with Crippen molar-refractivity contribution >= 4 is 28.9 Å². The number of aromatic nitrogens is 3. The zero-order valence-corrected chi connectivity index (χ0v) is 14.9. The summed E-state index contributed by atoms with van der Waals surface area (Å²) in [4.78, 5) is 39.6. The van der Waals surface area contributed by atoms with E-state index in [-0.39, 0.29) is 36.4 Å². The first kappa shape index (κ1) is 18.4. The van der Waals surface area contributed by atoms with Crippen LogP contribution in [0.2, 0.25) is 0 Å². The summed E-state index contributed by atoms with van der Waals surface area (Å²) in [6.45, 7) is 4.20. The van der Waals surface area contributed by atoms with E-state index < -0.39 is 0 Å². The number of hydrogen-bond donors (Lipinski definition) is 2. The van der Waals surface area contributed by atoms with Gasteiger partial charge in [0.1, 0.15) is 5.65 Å². The van der Waals surface area contributed by atoms with Crippen molar-refractivity contribution in [2.75, 3.05) is 20.6 Å². The predicted octanol–water partition coefficient (Wildman–Crippen LogP) is 0.913. The number of carbonyl (C=O) groups is 2. The number of fused-ring (bicyclic) bond motifs is 1. The third kappa shape index (κ3) is 4.56. The van der Waals surface area contributed by atoms with E-state index in [1.54, 1.807) is 31.0 Å². The van der Waals surface area contributed by atoms with Gasteiger partial charge in [0.25, 0.3) is 5.56 Å². The maximum atomic E-state index is 12.2. The fraction of sp³-hybridized carbons (Fsp3) is 0.412. The molecular weight excluding hydrogens is 322 g/mol. The Labute approximate surface area is 145 Å². The van der Waals surface area contributed by atoms with Crippen LogP contribution in [0.25, 0.3) is 17.1 Å². The van der Waals surface area contributed by atoms with Crippen molar-refractivity contribution in [1.29, 1.82) is 0 Å². The van der Waals surface area contributed by atoms with Crippen molar-refractivity contribution in [3.05, 3.63) is 34.3 Å². The third-order valence-electron chi connectivity index (χ3n) is 3.67. The van der Waals surface area contributed by atoms with Crippen LogP contribution >= 0.6 is 0 Å². The van der Waals surface area contributed by atoms with Crippen molar-refractivity contribution in [3.8, 4) is 0 Å². The van der Waals surface area contributed by atoms with Crippen LogP contribution in [0.3, 0.4) is 0 Å². The molecule has 2 rings (SSSR count). The van der Waals surface area contributed by atoms with Gasteiger partial charge in [-0.25, -0.2) is 4.68 Å². The number of carbonyl (C=O) groups excluding carboxylic acids is 2. The van der Waals surface area contributed by atoms with E-state index in [0.29, 0.717) is 11.2 Å². The highest BCUT2D eigenvalue weighted by molar-refractivity contribution is 5.92. The molecule has 0 radical (unpaired) electrons. The zero-order chi connectivity index (χ0) is 18.6. The Morgan fingerprint density at radius 2 is 2.12 bits per heavy atom. The second-order valence-corrected chi connectivity index (χ2v) is 6.20. The minimum atomic E-state index is -0.357. The molecule has 0 spiro atoms. The van der Waals surface area contributed by atoms with E-state index >= 15 is 0 Å². The molecule has 0 saturated heterocycles. The van der Waals surface area contributed by atoms with Gasteiger partial charge in [-0.1, -0.05) is 0 Å². The van der Waals surface area contributed by atoms with Crippen LogP contribution in [-0.4, -0.2) is 52.1 Å². The van der Waals surface area contributed by atoms with Crippen molar-refractivity contribution < 1.29 is 9.59 Å². The molecule has 2 heterocycles. The van der Waals surface area contributed by atoms with Gasteiger partial charge in [0.05, 0.1) is 6.20 Å². The van der Waals surface area contributed by atoms with E-state index in [1.165, 1.54) is 17.1 Å². The molecule has 0 aliphatic heterocycles. The Kier molecular flexibility index (Phi) is 5.74. The van der Waals surface area contributed by atoms with Crippen LogP contribution in [0.15, 0.2) is 23.1 Å². The summed E-state index contributed by atoms with van der Waals surface area (Å²) in [6, 6.07) is 1.82. The van der Waals surface area contributed by atoms with Gasteiger partial charge in [-0.2, -0.15) is 5.10 Å². The van der Waals surface area contributed by atoms with Gasteiger partial charge in [0.15, 0.2) is 0 Å². The van der Waals surface area contributed by atoms with Gasteiger partial charge in [-0.05, 0) is 26.0 Å². The molecule has 2 N–H and O–H groups in total. The summed E-state index contributed by atoms with van der Waals surface area (Å²) in [5, 5.41) is 7.66. The molecule has 134 valence electrons. The fourth-order valence-corrected chi connectivity index (χ4v) is 2.28. The molecule has 8 heteroatoms. The van der Waals surface area contributed by atoms with Crippen molar-refractivity contribution in [2.45, 2.75) is 26.3 Å². The van der Waals surface area contributed by atoms with E-state index in [2.05, 4.69) is 15.4 Å². The van der Waals surface area contributed by atoms with Crippen LogP contribution < -0.4 is 10.9 Å². The lowest BCUT2D eigenvalue weighted by atomic mass is 10.2. The molecule has 0 aliphatic carbocycles. The summed E-state index contributed by atoms with van der Waals surface area (Å²) < 4.78 is 1.73. The number of pyridine rings is 1. The Bertz CT molecular complexity index is 861.